The molecule has 0 aliphatic carbocycles. The molecule has 2 aromatic carbocycles. The molecule has 2 nitrogen and oxygen atoms in total. The molecular weight excluding hydrogens is 282 g/mol. The molecule has 0 spiro atoms. The van der Waals surface area contributed by atoms with Crippen LogP contribution in [-0.4, -0.2) is 5.78 Å². The lowest BCUT2D eigenvalue weighted by molar-refractivity contribution is -0.690. The van der Waals surface area contributed by atoms with E-state index in [-0.39, 0.29) is 5.78 Å². The van der Waals surface area contributed by atoms with Crippen molar-refractivity contribution in [1.82, 2.24) is 0 Å². The molecule has 0 N–H and O–H groups in total. The molecule has 0 saturated carbocycles. The minimum absolute atomic E-state index is 0.135. The number of aryl methyl sites for hydroxylation is 1. The molecule has 2 heteroatoms. The van der Waals surface area contributed by atoms with Gasteiger partial charge < -0.3 is 0 Å². The van der Waals surface area contributed by atoms with Crippen molar-refractivity contribution in [3.05, 3.63) is 90.3 Å². The summed E-state index contributed by atoms with van der Waals surface area (Å²) in [4.78, 5) is 12.5. The molecule has 0 radical (unpaired) electrons. The van der Waals surface area contributed by atoms with Gasteiger partial charge in [-0.2, -0.15) is 4.57 Å². The number of hydrogen-bond donors (Lipinski definition) is 0. The summed E-state index contributed by atoms with van der Waals surface area (Å²) in [5.41, 5.74) is 4.21. The van der Waals surface area contributed by atoms with Gasteiger partial charge in [0.1, 0.15) is 0 Å². The largest absolute Gasteiger partial charge is 0.287 e. The van der Waals surface area contributed by atoms with Crippen LogP contribution in [0.2, 0.25) is 0 Å². The fraction of sp³-hybridized carbons (Fsp3) is 0.143. The summed E-state index contributed by atoms with van der Waals surface area (Å²) in [5.74, 6) is 0.135. The first-order chi connectivity index (χ1) is 11.3. The molecule has 3 rings (SSSR count). The lowest BCUT2D eigenvalue weighted by atomic mass is 10.0. The van der Waals surface area contributed by atoms with Crippen LogP contribution in [0.1, 0.15) is 23.0 Å². The van der Waals surface area contributed by atoms with Gasteiger partial charge in [0.15, 0.2) is 11.9 Å². The van der Waals surface area contributed by atoms with Gasteiger partial charge in [-0.3, -0.25) is 4.79 Å². The van der Waals surface area contributed by atoms with Gasteiger partial charge in [-0.05, 0) is 11.1 Å². The zero-order valence-corrected chi connectivity index (χ0v) is 13.3. The quantitative estimate of drug-likeness (QED) is 0.514. The van der Waals surface area contributed by atoms with E-state index < -0.39 is 0 Å². The van der Waals surface area contributed by atoms with Gasteiger partial charge in [-0.15, -0.1) is 0 Å². The van der Waals surface area contributed by atoms with Crippen molar-refractivity contribution in [2.24, 2.45) is 0 Å². The summed E-state index contributed by atoms with van der Waals surface area (Å²) in [6, 6.07) is 24.1. The van der Waals surface area contributed by atoms with E-state index >= 15 is 0 Å². The van der Waals surface area contributed by atoms with Gasteiger partial charge in [0.25, 0.3) is 0 Å². The third kappa shape index (κ3) is 3.54. The normalized spacial score (nSPS) is 10.5. The maximum Gasteiger partial charge on any atom is 0.227 e. The molecule has 114 valence electrons. The van der Waals surface area contributed by atoms with Crippen LogP contribution in [0.4, 0.5) is 0 Å². The highest BCUT2D eigenvalue weighted by Gasteiger charge is 2.15. The van der Waals surface area contributed by atoms with Crippen molar-refractivity contribution in [2.75, 3.05) is 0 Å². The molecule has 0 aliphatic heterocycles. The molecule has 0 aliphatic rings. The Morgan fingerprint density at radius 1 is 0.826 bits per heavy atom. The fourth-order valence-corrected chi connectivity index (χ4v) is 2.71. The van der Waals surface area contributed by atoms with Crippen molar-refractivity contribution in [2.45, 2.75) is 19.9 Å². The van der Waals surface area contributed by atoms with E-state index in [0.717, 1.165) is 23.1 Å². The Kier molecular flexibility index (Phi) is 4.62. The second kappa shape index (κ2) is 7.01. The van der Waals surface area contributed by atoms with E-state index in [1.807, 2.05) is 65.4 Å². The number of carbonyl (C=O) groups excluding carboxylic acids is 1. The Labute approximate surface area is 137 Å². The van der Waals surface area contributed by atoms with Crippen LogP contribution in [0.5, 0.6) is 0 Å². The summed E-state index contributed by atoms with van der Waals surface area (Å²) < 4.78 is 2.02. The van der Waals surface area contributed by atoms with Crippen molar-refractivity contribution in [3.63, 3.8) is 0 Å². The molecule has 0 unspecified atom stereocenters. The molecule has 0 amide bonds. The average molecular weight is 302 g/mol. The minimum atomic E-state index is 0.135. The number of Topliss-reactive ketones (excluding diaryl/α,β-unsaturated/α-hetero) is 1. The number of nitrogens with zero attached hydrogens (tertiary/aromatic N) is 1. The maximum absolute atomic E-state index is 12.5. The Hall–Kier alpha value is -2.74. The first-order valence-corrected chi connectivity index (χ1v) is 7.94. The second-order valence-electron chi connectivity index (χ2n) is 5.54. The highest BCUT2D eigenvalue weighted by atomic mass is 16.1. The van der Waals surface area contributed by atoms with Gasteiger partial charge in [0.2, 0.25) is 12.3 Å². The highest BCUT2D eigenvalue weighted by molar-refractivity contribution is 5.95. The van der Waals surface area contributed by atoms with Crippen LogP contribution in [0.15, 0.2) is 79.0 Å². The van der Waals surface area contributed by atoms with E-state index in [2.05, 4.69) is 25.1 Å². The minimum Gasteiger partial charge on any atom is -0.287 e. The predicted molar refractivity (Wildman–Crippen MR) is 92.2 cm³/mol. The third-order valence-electron chi connectivity index (χ3n) is 4.02. The second-order valence-corrected chi connectivity index (χ2v) is 5.54. The van der Waals surface area contributed by atoms with E-state index in [4.69, 9.17) is 0 Å². The number of rotatable bonds is 5. The Morgan fingerprint density at radius 2 is 1.48 bits per heavy atom. The molecule has 3 aromatic rings. The summed E-state index contributed by atoms with van der Waals surface area (Å²) in [6.07, 6.45) is 2.89. The fourth-order valence-electron chi connectivity index (χ4n) is 2.71. The number of pyridine rings is 1. The molecule has 0 atom stereocenters. The molecule has 0 bridgehead atoms. The average Bonchev–Trinajstić information content (AvgIpc) is 2.63. The van der Waals surface area contributed by atoms with Crippen molar-refractivity contribution in [1.29, 1.82) is 0 Å². The number of carbonyl (C=O) groups is 1. The van der Waals surface area contributed by atoms with Crippen molar-refractivity contribution < 1.29 is 9.36 Å². The van der Waals surface area contributed by atoms with Gasteiger partial charge in [-0.25, -0.2) is 0 Å². The molecular formula is C21H20NO+. The number of hydrogen-bond acceptors (Lipinski definition) is 1. The number of benzene rings is 2. The first-order valence-electron chi connectivity index (χ1n) is 7.94. The SMILES string of the molecule is CCc1cccc[n+]1CC(=O)c1ccc(-c2ccccc2)cc1. The molecule has 0 fully saturated rings. The highest BCUT2D eigenvalue weighted by Crippen LogP contribution is 2.19. The summed E-state index contributed by atoms with van der Waals surface area (Å²) >= 11 is 0. The summed E-state index contributed by atoms with van der Waals surface area (Å²) in [5, 5.41) is 0. The lowest BCUT2D eigenvalue weighted by Gasteiger charge is -2.04. The monoisotopic (exact) mass is 302 g/mol. The van der Waals surface area contributed by atoms with E-state index in [1.165, 1.54) is 5.69 Å². The van der Waals surface area contributed by atoms with E-state index in [0.29, 0.717) is 6.54 Å². The molecule has 1 heterocycles. The molecule has 0 saturated heterocycles. The zero-order chi connectivity index (χ0) is 16.1. The first kappa shape index (κ1) is 15.2. The van der Waals surface area contributed by atoms with E-state index in [1.54, 1.807) is 0 Å². The van der Waals surface area contributed by atoms with Crippen LogP contribution in [0.3, 0.4) is 0 Å². The van der Waals surface area contributed by atoms with Gasteiger partial charge in [0.05, 0.1) is 0 Å². The Bertz CT molecular complexity index is 792. The smallest absolute Gasteiger partial charge is 0.227 e. The lowest BCUT2D eigenvalue weighted by Crippen LogP contribution is -2.41. The topological polar surface area (TPSA) is 20.9 Å². The van der Waals surface area contributed by atoms with Crippen LogP contribution in [0.25, 0.3) is 11.1 Å². The Morgan fingerprint density at radius 3 is 2.17 bits per heavy atom. The Balaban J connectivity index is 1.78. The summed E-state index contributed by atoms with van der Waals surface area (Å²) in [6.45, 7) is 2.49. The molecule has 1 aromatic heterocycles. The third-order valence-corrected chi connectivity index (χ3v) is 4.02. The van der Waals surface area contributed by atoms with Crippen LogP contribution >= 0.6 is 0 Å². The van der Waals surface area contributed by atoms with Crippen molar-refractivity contribution in [3.8, 4) is 11.1 Å². The zero-order valence-electron chi connectivity index (χ0n) is 13.3. The van der Waals surface area contributed by atoms with E-state index in [9.17, 15) is 4.79 Å². The van der Waals surface area contributed by atoms with Gasteiger partial charge in [-0.1, -0.05) is 67.6 Å². The van der Waals surface area contributed by atoms with Gasteiger partial charge >= 0.3 is 0 Å². The van der Waals surface area contributed by atoms with Crippen LogP contribution in [-0.2, 0) is 13.0 Å². The standard InChI is InChI=1S/C21H20NO/c1-2-20-10-6-7-15-22(20)16-21(23)19-13-11-18(12-14-19)17-8-4-3-5-9-17/h3-15H,2,16H2,1H3/q+1. The number of ketones is 1. The van der Waals surface area contributed by atoms with Crippen molar-refractivity contribution >= 4 is 5.78 Å². The van der Waals surface area contributed by atoms with Crippen LogP contribution in [0, 0.1) is 0 Å². The molecule has 23 heavy (non-hydrogen) atoms. The number of aromatic nitrogens is 1. The van der Waals surface area contributed by atoms with Crippen LogP contribution < -0.4 is 4.57 Å². The predicted octanol–water partition coefficient (Wildman–Crippen LogP) is 4.09. The van der Waals surface area contributed by atoms with Gasteiger partial charge in [0, 0.05) is 24.1 Å². The maximum atomic E-state index is 12.5. The summed E-state index contributed by atoms with van der Waals surface area (Å²) in [7, 11) is 0.